The third-order valence-corrected chi connectivity index (χ3v) is 5.10. The summed E-state index contributed by atoms with van der Waals surface area (Å²) in [7, 11) is 0. The minimum absolute atomic E-state index is 0.0899. The van der Waals surface area contributed by atoms with Gasteiger partial charge in [0.25, 0.3) is 0 Å². The van der Waals surface area contributed by atoms with Gasteiger partial charge in [0, 0.05) is 36.5 Å². The van der Waals surface area contributed by atoms with Crippen LogP contribution in [-0.4, -0.2) is 32.4 Å². The normalized spacial score (nSPS) is 17.1. The van der Waals surface area contributed by atoms with E-state index in [1.54, 1.807) is 11.8 Å². The summed E-state index contributed by atoms with van der Waals surface area (Å²) in [6.07, 6.45) is 3.93. The highest BCUT2D eigenvalue weighted by Crippen LogP contribution is 2.20. The van der Waals surface area contributed by atoms with Crippen molar-refractivity contribution in [2.24, 2.45) is 0 Å². The fourth-order valence-electron chi connectivity index (χ4n) is 2.93. The number of aromatic nitrogens is 3. The van der Waals surface area contributed by atoms with Crippen molar-refractivity contribution in [1.29, 1.82) is 0 Å². The average Bonchev–Trinajstić information content (AvgIpc) is 3.02. The number of rotatable bonds is 5. The van der Waals surface area contributed by atoms with Crippen molar-refractivity contribution >= 4 is 17.7 Å². The van der Waals surface area contributed by atoms with Crippen LogP contribution in [0.3, 0.4) is 0 Å². The van der Waals surface area contributed by atoms with Crippen molar-refractivity contribution in [2.45, 2.75) is 52.0 Å². The maximum Gasteiger partial charge on any atom is 0.230 e. The molecule has 2 aromatic rings. The fraction of sp³-hybridized carbons (Fsp3) is 0.562. The SMILES string of the molecule is Cc1cn2c(n1)CC[C@H](NC(=O)CSCc1c(C)noc1C)C2. The molecule has 23 heavy (non-hydrogen) atoms. The Morgan fingerprint density at radius 3 is 3.04 bits per heavy atom. The standard InChI is InChI=1S/C16H22N4O2S/c1-10-6-20-7-13(4-5-15(20)17-10)18-16(21)9-23-8-14-11(2)19-22-12(14)3/h6,13H,4-5,7-9H2,1-3H3,(H,18,21)/t13-/m0/s1. The first-order chi connectivity index (χ1) is 11.0. The summed E-state index contributed by atoms with van der Waals surface area (Å²) in [6.45, 7) is 6.66. The molecule has 3 rings (SSSR count). The second-order valence-electron chi connectivity index (χ2n) is 6.05. The number of imidazole rings is 1. The van der Waals surface area contributed by atoms with E-state index in [0.717, 1.165) is 53.7 Å². The van der Waals surface area contributed by atoms with Crippen LogP contribution in [0.2, 0.25) is 0 Å². The number of aryl methyl sites for hydroxylation is 4. The van der Waals surface area contributed by atoms with Crippen molar-refractivity contribution in [3.8, 4) is 0 Å². The molecule has 0 unspecified atom stereocenters. The lowest BCUT2D eigenvalue weighted by molar-refractivity contribution is -0.119. The number of hydrogen-bond acceptors (Lipinski definition) is 5. The lowest BCUT2D eigenvalue weighted by atomic mass is 10.1. The van der Waals surface area contributed by atoms with Gasteiger partial charge in [0.1, 0.15) is 11.6 Å². The molecule has 124 valence electrons. The number of fused-ring (bicyclic) bond motifs is 1. The third kappa shape index (κ3) is 3.77. The lowest BCUT2D eigenvalue weighted by Gasteiger charge is -2.24. The molecule has 0 aliphatic carbocycles. The highest BCUT2D eigenvalue weighted by Gasteiger charge is 2.21. The minimum Gasteiger partial charge on any atom is -0.361 e. The van der Waals surface area contributed by atoms with E-state index < -0.39 is 0 Å². The second-order valence-corrected chi connectivity index (χ2v) is 7.04. The molecule has 0 fully saturated rings. The molecule has 1 N–H and O–H groups in total. The van der Waals surface area contributed by atoms with Crippen molar-refractivity contribution in [1.82, 2.24) is 20.0 Å². The van der Waals surface area contributed by atoms with Crippen LogP contribution in [0.4, 0.5) is 0 Å². The van der Waals surface area contributed by atoms with Crippen LogP contribution < -0.4 is 5.32 Å². The van der Waals surface area contributed by atoms with Gasteiger partial charge in [-0.2, -0.15) is 0 Å². The molecule has 1 aliphatic rings. The summed E-state index contributed by atoms with van der Waals surface area (Å²) in [4.78, 5) is 16.6. The van der Waals surface area contributed by atoms with E-state index in [2.05, 4.69) is 26.2 Å². The van der Waals surface area contributed by atoms with Gasteiger partial charge in [-0.05, 0) is 27.2 Å². The van der Waals surface area contributed by atoms with Gasteiger partial charge in [-0.3, -0.25) is 4.79 Å². The zero-order valence-electron chi connectivity index (χ0n) is 13.8. The first-order valence-electron chi connectivity index (χ1n) is 7.84. The number of amides is 1. The second kappa shape index (κ2) is 6.78. The Morgan fingerprint density at radius 2 is 2.30 bits per heavy atom. The van der Waals surface area contributed by atoms with Gasteiger partial charge >= 0.3 is 0 Å². The lowest BCUT2D eigenvalue weighted by Crippen LogP contribution is -2.41. The molecule has 2 aromatic heterocycles. The van der Waals surface area contributed by atoms with Crippen LogP contribution in [0.25, 0.3) is 0 Å². The van der Waals surface area contributed by atoms with E-state index in [1.165, 1.54) is 0 Å². The molecule has 0 saturated heterocycles. The highest BCUT2D eigenvalue weighted by molar-refractivity contribution is 7.99. The van der Waals surface area contributed by atoms with Crippen LogP contribution in [0.1, 0.15) is 35.0 Å². The minimum atomic E-state index is 0.0899. The van der Waals surface area contributed by atoms with Gasteiger partial charge in [-0.15, -0.1) is 11.8 Å². The summed E-state index contributed by atoms with van der Waals surface area (Å²) in [6, 6.07) is 0.197. The summed E-state index contributed by atoms with van der Waals surface area (Å²) in [5.41, 5.74) is 3.05. The Morgan fingerprint density at radius 1 is 1.48 bits per heavy atom. The van der Waals surface area contributed by atoms with Gasteiger partial charge in [0.15, 0.2) is 0 Å². The van der Waals surface area contributed by atoms with Gasteiger partial charge in [-0.25, -0.2) is 4.98 Å². The van der Waals surface area contributed by atoms with E-state index in [9.17, 15) is 4.79 Å². The molecule has 0 radical (unpaired) electrons. The average molecular weight is 334 g/mol. The quantitative estimate of drug-likeness (QED) is 0.907. The van der Waals surface area contributed by atoms with Gasteiger partial charge in [-0.1, -0.05) is 5.16 Å². The first-order valence-corrected chi connectivity index (χ1v) is 9.00. The summed E-state index contributed by atoms with van der Waals surface area (Å²) in [5, 5.41) is 7.06. The summed E-state index contributed by atoms with van der Waals surface area (Å²) >= 11 is 1.59. The smallest absolute Gasteiger partial charge is 0.230 e. The predicted octanol–water partition coefficient (Wildman–Crippen LogP) is 2.16. The monoisotopic (exact) mass is 334 g/mol. The molecule has 1 amide bonds. The molecule has 0 spiro atoms. The molecule has 3 heterocycles. The number of carbonyl (C=O) groups is 1. The van der Waals surface area contributed by atoms with E-state index in [0.29, 0.717) is 5.75 Å². The molecule has 1 aliphatic heterocycles. The number of thioether (sulfide) groups is 1. The van der Waals surface area contributed by atoms with Crippen molar-refractivity contribution in [3.05, 3.63) is 34.7 Å². The largest absolute Gasteiger partial charge is 0.361 e. The highest BCUT2D eigenvalue weighted by atomic mass is 32.2. The van der Waals surface area contributed by atoms with Crippen LogP contribution in [0.15, 0.2) is 10.7 Å². The van der Waals surface area contributed by atoms with E-state index >= 15 is 0 Å². The predicted molar refractivity (Wildman–Crippen MR) is 89.4 cm³/mol. The number of hydrogen-bond donors (Lipinski definition) is 1. The Balaban J connectivity index is 1.45. The Bertz CT molecular complexity index is 687. The third-order valence-electron chi connectivity index (χ3n) is 4.14. The molecule has 6 nitrogen and oxygen atoms in total. The van der Waals surface area contributed by atoms with E-state index in [1.807, 2.05) is 20.8 Å². The molecule has 0 aromatic carbocycles. The fourth-order valence-corrected chi connectivity index (χ4v) is 3.91. The van der Waals surface area contributed by atoms with Crippen LogP contribution in [0, 0.1) is 20.8 Å². The van der Waals surface area contributed by atoms with E-state index in [-0.39, 0.29) is 11.9 Å². The molecular weight excluding hydrogens is 312 g/mol. The number of carbonyl (C=O) groups excluding carboxylic acids is 1. The number of nitrogens with zero attached hydrogens (tertiary/aromatic N) is 3. The topological polar surface area (TPSA) is 73.0 Å². The molecule has 0 saturated carbocycles. The van der Waals surface area contributed by atoms with Crippen LogP contribution in [-0.2, 0) is 23.5 Å². The van der Waals surface area contributed by atoms with Crippen LogP contribution in [0.5, 0.6) is 0 Å². The Kier molecular flexibility index (Phi) is 4.75. The molecule has 7 heteroatoms. The summed E-state index contributed by atoms with van der Waals surface area (Å²) in [5.74, 6) is 3.26. The van der Waals surface area contributed by atoms with Gasteiger partial charge in [0.05, 0.1) is 17.1 Å². The number of nitrogens with one attached hydrogen (secondary N) is 1. The van der Waals surface area contributed by atoms with E-state index in [4.69, 9.17) is 4.52 Å². The zero-order valence-corrected chi connectivity index (χ0v) is 14.6. The van der Waals surface area contributed by atoms with Crippen molar-refractivity contribution in [3.63, 3.8) is 0 Å². The zero-order chi connectivity index (χ0) is 16.4. The Hall–Kier alpha value is -1.76. The maximum atomic E-state index is 12.1. The molecule has 0 bridgehead atoms. The molecule has 1 atom stereocenters. The summed E-state index contributed by atoms with van der Waals surface area (Å²) < 4.78 is 7.29. The van der Waals surface area contributed by atoms with Crippen molar-refractivity contribution < 1.29 is 9.32 Å². The van der Waals surface area contributed by atoms with Crippen molar-refractivity contribution in [2.75, 3.05) is 5.75 Å². The molecular formula is C16H22N4O2S. The van der Waals surface area contributed by atoms with Gasteiger partial charge in [0.2, 0.25) is 5.91 Å². The van der Waals surface area contributed by atoms with Gasteiger partial charge < -0.3 is 14.4 Å². The van der Waals surface area contributed by atoms with Crippen LogP contribution >= 0.6 is 11.8 Å². The first kappa shape index (κ1) is 16.1. The maximum absolute atomic E-state index is 12.1. The Labute approximate surface area is 140 Å².